The Hall–Kier alpha value is -2.57. The summed E-state index contributed by atoms with van der Waals surface area (Å²) in [5, 5.41) is 11.4. The third-order valence-electron chi connectivity index (χ3n) is 3.09. The Morgan fingerprint density at radius 3 is 2.33 bits per heavy atom. The molecule has 0 aliphatic carbocycles. The molecule has 0 atom stereocenters. The lowest BCUT2D eigenvalue weighted by Crippen LogP contribution is -2.44. The molecule has 0 spiro atoms. The van der Waals surface area contributed by atoms with Gasteiger partial charge >= 0.3 is 5.97 Å². The predicted octanol–water partition coefficient (Wildman–Crippen LogP) is 1.38. The normalized spacial score (nSPS) is 10.3. The van der Waals surface area contributed by atoms with Crippen LogP contribution in [0.2, 0.25) is 0 Å². The number of carbonyl (C=O) groups is 3. The lowest BCUT2D eigenvalue weighted by Gasteiger charge is -2.22. The van der Waals surface area contributed by atoms with E-state index < -0.39 is 17.8 Å². The summed E-state index contributed by atoms with van der Waals surface area (Å²) in [6, 6.07) is 6.56. The van der Waals surface area contributed by atoms with Crippen LogP contribution in [0.25, 0.3) is 0 Å². The minimum atomic E-state index is -1.08. The topological polar surface area (TPSA) is 95.9 Å². The van der Waals surface area contributed by atoms with Crippen molar-refractivity contribution >= 4 is 17.8 Å². The molecular formula is C17H24N2O5. The van der Waals surface area contributed by atoms with E-state index in [1.807, 2.05) is 20.8 Å². The Balaban J connectivity index is 2.59. The molecule has 0 saturated heterocycles. The molecule has 0 radical (unpaired) electrons. The van der Waals surface area contributed by atoms with Crippen molar-refractivity contribution in [3.63, 3.8) is 0 Å². The van der Waals surface area contributed by atoms with Crippen LogP contribution in [0.15, 0.2) is 24.3 Å². The van der Waals surface area contributed by atoms with Crippen LogP contribution >= 0.6 is 0 Å². The Morgan fingerprint density at radius 1 is 1.21 bits per heavy atom. The van der Waals surface area contributed by atoms with E-state index in [1.165, 1.54) is 4.90 Å². The number of amides is 2. The molecule has 0 saturated carbocycles. The van der Waals surface area contributed by atoms with Crippen molar-refractivity contribution in [3.8, 4) is 5.75 Å². The highest BCUT2D eigenvalue weighted by Gasteiger charge is 2.18. The molecule has 7 heteroatoms. The van der Waals surface area contributed by atoms with Crippen LogP contribution in [0, 0.1) is 5.92 Å². The lowest BCUT2D eigenvalue weighted by molar-refractivity contribution is -0.144. The second-order valence-electron chi connectivity index (χ2n) is 5.70. The number of ether oxygens (including phenoxy) is 1. The molecule has 132 valence electrons. The standard InChI is InChI=1S/C17H24N2O5/c1-4-24-14-7-5-13(6-8-14)17(23)18-9-15(20)19(10-12(2)3)11-16(21)22/h5-8,12H,4,9-11H2,1-3H3,(H,18,23)(H,21,22). The van der Waals surface area contributed by atoms with Crippen LogP contribution in [0.5, 0.6) is 5.75 Å². The van der Waals surface area contributed by atoms with Crippen LogP contribution < -0.4 is 10.1 Å². The maximum atomic E-state index is 12.1. The van der Waals surface area contributed by atoms with Crippen molar-refractivity contribution in [3.05, 3.63) is 29.8 Å². The van der Waals surface area contributed by atoms with E-state index in [0.29, 0.717) is 24.5 Å². The zero-order valence-electron chi connectivity index (χ0n) is 14.2. The summed E-state index contributed by atoms with van der Waals surface area (Å²) in [6.45, 7) is 5.88. The minimum absolute atomic E-state index is 0.134. The lowest BCUT2D eigenvalue weighted by atomic mass is 10.2. The first kappa shape index (κ1) is 19.5. The summed E-state index contributed by atoms with van der Waals surface area (Å²) >= 11 is 0. The molecule has 1 aromatic rings. The molecule has 0 heterocycles. The molecule has 2 N–H and O–H groups in total. The zero-order chi connectivity index (χ0) is 18.1. The highest BCUT2D eigenvalue weighted by molar-refractivity contribution is 5.96. The van der Waals surface area contributed by atoms with E-state index in [9.17, 15) is 14.4 Å². The number of carbonyl (C=O) groups excluding carboxylic acids is 2. The van der Waals surface area contributed by atoms with Gasteiger partial charge in [0, 0.05) is 12.1 Å². The number of aliphatic carboxylic acids is 1. The quantitative estimate of drug-likeness (QED) is 0.710. The van der Waals surface area contributed by atoms with Crippen molar-refractivity contribution in [1.29, 1.82) is 0 Å². The summed E-state index contributed by atoms with van der Waals surface area (Å²) in [5.41, 5.74) is 0.403. The van der Waals surface area contributed by atoms with Gasteiger partial charge < -0.3 is 20.1 Å². The number of nitrogens with one attached hydrogen (secondary N) is 1. The molecule has 24 heavy (non-hydrogen) atoms. The molecule has 1 aromatic carbocycles. The average molecular weight is 336 g/mol. The molecule has 0 aliphatic rings. The highest BCUT2D eigenvalue weighted by Crippen LogP contribution is 2.11. The van der Waals surface area contributed by atoms with Gasteiger partial charge in [-0.25, -0.2) is 0 Å². The third kappa shape index (κ3) is 6.68. The van der Waals surface area contributed by atoms with Gasteiger partial charge in [0.2, 0.25) is 5.91 Å². The Morgan fingerprint density at radius 2 is 1.83 bits per heavy atom. The Bertz CT molecular complexity index is 569. The summed E-state index contributed by atoms with van der Waals surface area (Å²) in [7, 11) is 0. The van der Waals surface area contributed by atoms with E-state index in [0.717, 1.165) is 0 Å². The van der Waals surface area contributed by atoms with Crippen molar-refractivity contribution in [2.75, 3.05) is 26.2 Å². The van der Waals surface area contributed by atoms with E-state index in [4.69, 9.17) is 9.84 Å². The van der Waals surface area contributed by atoms with E-state index in [2.05, 4.69) is 5.32 Å². The van der Waals surface area contributed by atoms with Gasteiger partial charge in [-0.05, 0) is 37.1 Å². The van der Waals surface area contributed by atoms with Crippen molar-refractivity contribution in [2.45, 2.75) is 20.8 Å². The summed E-state index contributed by atoms with van der Waals surface area (Å²) < 4.78 is 5.30. The van der Waals surface area contributed by atoms with Gasteiger partial charge in [0.05, 0.1) is 13.2 Å². The van der Waals surface area contributed by atoms with E-state index in [-0.39, 0.29) is 19.0 Å². The van der Waals surface area contributed by atoms with Crippen LogP contribution in [0.1, 0.15) is 31.1 Å². The molecule has 0 bridgehead atoms. The number of benzene rings is 1. The number of hydrogen-bond donors (Lipinski definition) is 2. The van der Waals surface area contributed by atoms with Gasteiger partial charge in [-0.15, -0.1) is 0 Å². The minimum Gasteiger partial charge on any atom is -0.494 e. The molecule has 0 unspecified atom stereocenters. The van der Waals surface area contributed by atoms with Gasteiger partial charge in [0.25, 0.3) is 5.91 Å². The number of carboxylic acids is 1. The Labute approximate surface area is 141 Å². The maximum absolute atomic E-state index is 12.1. The predicted molar refractivity (Wildman–Crippen MR) is 89.0 cm³/mol. The van der Waals surface area contributed by atoms with Crippen molar-refractivity contribution in [1.82, 2.24) is 10.2 Å². The first-order valence-corrected chi connectivity index (χ1v) is 7.84. The maximum Gasteiger partial charge on any atom is 0.323 e. The van der Waals surface area contributed by atoms with Crippen LogP contribution in [-0.4, -0.2) is 54.0 Å². The monoisotopic (exact) mass is 336 g/mol. The first-order chi connectivity index (χ1) is 11.3. The molecule has 1 rings (SSSR count). The number of carboxylic acid groups (broad SMARTS) is 1. The second kappa shape index (κ2) is 9.54. The van der Waals surface area contributed by atoms with Gasteiger partial charge in [-0.2, -0.15) is 0 Å². The third-order valence-corrected chi connectivity index (χ3v) is 3.09. The largest absolute Gasteiger partial charge is 0.494 e. The summed E-state index contributed by atoms with van der Waals surface area (Å²) in [5.74, 6) is -1.11. The molecule has 0 fully saturated rings. The molecule has 0 aromatic heterocycles. The van der Waals surface area contributed by atoms with Crippen LogP contribution in [-0.2, 0) is 9.59 Å². The van der Waals surface area contributed by atoms with Gasteiger partial charge in [-0.1, -0.05) is 13.8 Å². The smallest absolute Gasteiger partial charge is 0.323 e. The highest BCUT2D eigenvalue weighted by atomic mass is 16.5. The average Bonchev–Trinajstić information content (AvgIpc) is 2.51. The number of nitrogens with zero attached hydrogens (tertiary/aromatic N) is 1. The molecule has 0 aliphatic heterocycles. The van der Waals surface area contributed by atoms with E-state index >= 15 is 0 Å². The number of hydrogen-bond acceptors (Lipinski definition) is 4. The van der Waals surface area contributed by atoms with Gasteiger partial charge in [0.1, 0.15) is 12.3 Å². The fourth-order valence-electron chi connectivity index (χ4n) is 2.10. The fourth-order valence-corrected chi connectivity index (χ4v) is 2.10. The van der Waals surface area contributed by atoms with Crippen LogP contribution in [0.3, 0.4) is 0 Å². The number of rotatable bonds is 9. The van der Waals surface area contributed by atoms with Crippen LogP contribution in [0.4, 0.5) is 0 Å². The molecular weight excluding hydrogens is 312 g/mol. The fraction of sp³-hybridized carbons (Fsp3) is 0.471. The van der Waals surface area contributed by atoms with E-state index in [1.54, 1.807) is 24.3 Å². The zero-order valence-corrected chi connectivity index (χ0v) is 14.2. The summed E-state index contributed by atoms with van der Waals surface area (Å²) in [4.78, 5) is 36.2. The van der Waals surface area contributed by atoms with Crippen molar-refractivity contribution in [2.24, 2.45) is 5.92 Å². The SMILES string of the molecule is CCOc1ccc(C(=O)NCC(=O)N(CC(=O)O)CC(C)C)cc1. The van der Waals surface area contributed by atoms with Crippen molar-refractivity contribution < 1.29 is 24.2 Å². The summed E-state index contributed by atoms with van der Waals surface area (Å²) in [6.07, 6.45) is 0. The second-order valence-corrected chi connectivity index (χ2v) is 5.70. The van der Waals surface area contributed by atoms with Gasteiger partial charge in [0.15, 0.2) is 0 Å². The molecule has 2 amide bonds. The Kier molecular flexibility index (Phi) is 7.74. The molecule has 7 nitrogen and oxygen atoms in total. The van der Waals surface area contributed by atoms with Gasteiger partial charge in [-0.3, -0.25) is 14.4 Å². The first-order valence-electron chi connectivity index (χ1n) is 7.84.